The normalized spacial score (nSPS) is 14.8. The van der Waals surface area contributed by atoms with Gasteiger partial charge in [0.2, 0.25) is 0 Å². The van der Waals surface area contributed by atoms with Gasteiger partial charge in [-0.25, -0.2) is 23.5 Å². The number of piperidine rings is 1. The fraction of sp³-hybridized carbons (Fsp3) is 0.250. The summed E-state index contributed by atoms with van der Waals surface area (Å²) in [6.07, 6.45) is 2.79. The van der Waals surface area contributed by atoms with Gasteiger partial charge in [-0.3, -0.25) is 4.57 Å². The summed E-state index contributed by atoms with van der Waals surface area (Å²) in [4.78, 5) is 26.0. The van der Waals surface area contributed by atoms with Crippen LogP contribution < -0.4 is 11.0 Å². The monoisotopic (exact) mass is 399 g/mol. The van der Waals surface area contributed by atoms with Crippen LogP contribution in [0.3, 0.4) is 0 Å². The van der Waals surface area contributed by atoms with Gasteiger partial charge in [0.05, 0.1) is 0 Å². The average Bonchev–Trinajstić information content (AvgIpc) is 3.16. The molecular weight excluding hydrogens is 380 g/mol. The summed E-state index contributed by atoms with van der Waals surface area (Å²) in [5.41, 5.74) is 1.50. The molecule has 3 aromatic rings. The van der Waals surface area contributed by atoms with Gasteiger partial charge in [0.15, 0.2) is 11.6 Å². The van der Waals surface area contributed by atoms with Crippen molar-refractivity contribution in [2.24, 2.45) is 0 Å². The van der Waals surface area contributed by atoms with E-state index in [0.717, 1.165) is 12.1 Å². The van der Waals surface area contributed by atoms with Gasteiger partial charge in [-0.1, -0.05) is 18.2 Å². The summed E-state index contributed by atoms with van der Waals surface area (Å²) in [7, 11) is 0. The molecule has 2 heterocycles. The molecule has 0 radical (unpaired) electrons. The van der Waals surface area contributed by atoms with Gasteiger partial charge in [0.1, 0.15) is 6.33 Å². The van der Waals surface area contributed by atoms with Crippen molar-refractivity contribution in [3.63, 3.8) is 0 Å². The van der Waals surface area contributed by atoms with Crippen LogP contribution in [0, 0.1) is 11.6 Å². The number of aromatic nitrogens is 3. The van der Waals surface area contributed by atoms with Crippen molar-refractivity contribution < 1.29 is 13.6 Å². The van der Waals surface area contributed by atoms with Crippen LogP contribution in [0.25, 0.3) is 11.1 Å². The van der Waals surface area contributed by atoms with Crippen LogP contribution >= 0.6 is 0 Å². The minimum Gasteiger partial charge on any atom is -0.324 e. The number of carbonyl (C=O) groups excluding carboxylic acids is 1. The van der Waals surface area contributed by atoms with Crippen molar-refractivity contribution in [3.8, 4) is 11.1 Å². The molecule has 4 rings (SSSR count). The van der Waals surface area contributed by atoms with E-state index in [1.54, 1.807) is 33.7 Å². The maximum atomic E-state index is 13.5. The maximum absolute atomic E-state index is 13.5. The molecule has 9 heteroatoms. The summed E-state index contributed by atoms with van der Waals surface area (Å²) < 4.78 is 28.2. The van der Waals surface area contributed by atoms with E-state index in [9.17, 15) is 18.4 Å². The predicted octanol–water partition coefficient (Wildman–Crippen LogP) is 3.39. The minimum atomic E-state index is -0.920. The maximum Gasteiger partial charge on any atom is 0.343 e. The quantitative estimate of drug-likeness (QED) is 0.708. The molecule has 0 unspecified atom stereocenters. The zero-order valence-corrected chi connectivity index (χ0v) is 15.4. The lowest BCUT2D eigenvalue weighted by molar-refractivity contribution is 0.183. The predicted molar refractivity (Wildman–Crippen MR) is 104 cm³/mol. The first-order chi connectivity index (χ1) is 14.0. The Bertz CT molecular complexity index is 1090. The highest BCUT2D eigenvalue weighted by molar-refractivity contribution is 5.90. The van der Waals surface area contributed by atoms with Gasteiger partial charge >= 0.3 is 11.7 Å². The van der Waals surface area contributed by atoms with Crippen LogP contribution in [0.1, 0.15) is 18.9 Å². The van der Waals surface area contributed by atoms with Crippen molar-refractivity contribution >= 4 is 11.7 Å². The zero-order chi connectivity index (χ0) is 20.4. The van der Waals surface area contributed by atoms with Crippen molar-refractivity contribution in [1.82, 2.24) is 19.7 Å². The molecule has 2 aromatic carbocycles. The Morgan fingerprint density at radius 3 is 2.52 bits per heavy atom. The molecule has 0 bridgehead atoms. The Morgan fingerprint density at radius 1 is 1.07 bits per heavy atom. The van der Waals surface area contributed by atoms with E-state index in [0.29, 0.717) is 42.7 Å². The molecule has 2 N–H and O–H groups in total. The van der Waals surface area contributed by atoms with Gasteiger partial charge in [-0.15, -0.1) is 0 Å². The first-order valence-electron chi connectivity index (χ1n) is 9.24. The number of amides is 2. The smallest absolute Gasteiger partial charge is 0.324 e. The van der Waals surface area contributed by atoms with Gasteiger partial charge in [-0.2, -0.15) is 5.10 Å². The fourth-order valence-electron chi connectivity index (χ4n) is 3.52. The lowest BCUT2D eigenvalue weighted by Crippen LogP contribution is -2.42. The van der Waals surface area contributed by atoms with Crippen LogP contribution in [0.4, 0.5) is 19.3 Å². The molecule has 150 valence electrons. The number of nitrogens with one attached hydrogen (secondary N) is 2. The topological polar surface area (TPSA) is 83.0 Å². The molecule has 1 fully saturated rings. The third-order valence-electron chi connectivity index (χ3n) is 5.09. The summed E-state index contributed by atoms with van der Waals surface area (Å²) in [6.45, 7) is 1.02. The number of hydrogen-bond acceptors (Lipinski definition) is 3. The Morgan fingerprint density at radius 2 is 1.83 bits per heavy atom. The molecule has 1 aromatic heterocycles. The number of benzene rings is 2. The Labute approximate surface area is 165 Å². The SMILES string of the molecule is O=C(Nc1cccc(-c2ccc(F)c(F)c2)c1)N1CCC(n2cn[nH]c2=O)CC1. The third kappa shape index (κ3) is 4.03. The molecule has 29 heavy (non-hydrogen) atoms. The molecule has 0 saturated carbocycles. The number of likely N-dealkylation sites (tertiary alicyclic amines) is 1. The van der Waals surface area contributed by atoms with Crippen molar-refractivity contribution in [2.45, 2.75) is 18.9 Å². The van der Waals surface area contributed by atoms with Gasteiger partial charge in [0.25, 0.3) is 0 Å². The Balaban J connectivity index is 1.41. The van der Waals surface area contributed by atoms with Gasteiger partial charge in [-0.05, 0) is 48.2 Å². The van der Waals surface area contributed by atoms with E-state index < -0.39 is 11.6 Å². The van der Waals surface area contributed by atoms with Crippen molar-refractivity contribution in [2.75, 3.05) is 18.4 Å². The van der Waals surface area contributed by atoms with E-state index in [1.165, 1.54) is 12.4 Å². The fourth-order valence-corrected chi connectivity index (χ4v) is 3.52. The van der Waals surface area contributed by atoms with Crippen LogP contribution in [-0.4, -0.2) is 38.8 Å². The van der Waals surface area contributed by atoms with E-state index in [1.807, 2.05) is 0 Å². The second-order valence-electron chi connectivity index (χ2n) is 6.93. The highest BCUT2D eigenvalue weighted by Gasteiger charge is 2.25. The van der Waals surface area contributed by atoms with Crippen LogP contribution in [0.15, 0.2) is 53.6 Å². The van der Waals surface area contributed by atoms with E-state index in [4.69, 9.17) is 0 Å². The molecule has 0 aliphatic carbocycles. The molecule has 1 saturated heterocycles. The van der Waals surface area contributed by atoms with Crippen molar-refractivity contribution in [1.29, 1.82) is 0 Å². The molecular formula is C20H19F2N5O2. The number of nitrogens with zero attached hydrogens (tertiary/aromatic N) is 3. The number of urea groups is 1. The van der Waals surface area contributed by atoms with Crippen LogP contribution in [-0.2, 0) is 0 Å². The zero-order valence-electron chi connectivity index (χ0n) is 15.4. The summed E-state index contributed by atoms with van der Waals surface area (Å²) in [5, 5.41) is 8.96. The van der Waals surface area contributed by atoms with Crippen molar-refractivity contribution in [3.05, 3.63) is 70.9 Å². The van der Waals surface area contributed by atoms with Crippen LogP contribution in [0.2, 0.25) is 0 Å². The molecule has 1 aliphatic heterocycles. The Kier molecular flexibility index (Phi) is 5.11. The summed E-state index contributed by atoms with van der Waals surface area (Å²) in [5.74, 6) is -1.82. The lowest BCUT2D eigenvalue weighted by atomic mass is 10.0. The number of H-pyrrole nitrogens is 1. The number of halogens is 2. The lowest BCUT2D eigenvalue weighted by Gasteiger charge is -2.32. The molecule has 7 nitrogen and oxygen atoms in total. The second kappa shape index (κ2) is 7.86. The molecule has 0 spiro atoms. The largest absolute Gasteiger partial charge is 0.343 e. The number of anilines is 1. The summed E-state index contributed by atoms with van der Waals surface area (Å²) >= 11 is 0. The van der Waals surface area contributed by atoms with E-state index in [2.05, 4.69) is 15.5 Å². The molecule has 1 aliphatic rings. The highest BCUT2D eigenvalue weighted by Crippen LogP contribution is 2.25. The third-order valence-corrected chi connectivity index (χ3v) is 5.09. The summed E-state index contributed by atoms with van der Waals surface area (Å²) in [6, 6.07) is 10.4. The first kappa shape index (κ1) is 18.9. The number of hydrogen-bond donors (Lipinski definition) is 2. The highest BCUT2D eigenvalue weighted by atomic mass is 19.2. The molecule has 2 amide bonds. The first-order valence-corrected chi connectivity index (χ1v) is 9.24. The minimum absolute atomic E-state index is 0.0157. The average molecular weight is 399 g/mol. The Hall–Kier alpha value is -3.49. The number of aromatic amines is 1. The van der Waals surface area contributed by atoms with Crippen LogP contribution in [0.5, 0.6) is 0 Å². The number of carbonyl (C=O) groups is 1. The van der Waals surface area contributed by atoms with E-state index in [-0.39, 0.29) is 17.8 Å². The molecule has 0 atom stereocenters. The van der Waals surface area contributed by atoms with E-state index >= 15 is 0 Å². The number of rotatable bonds is 3. The van der Waals surface area contributed by atoms with Gasteiger partial charge < -0.3 is 10.2 Å². The standard InChI is InChI=1S/C20H19F2N5O2/c21-17-5-4-14(11-18(17)22)13-2-1-3-15(10-13)24-19(28)26-8-6-16(7-9-26)27-12-23-25-20(27)29/h1-5,10-12,16H,6-9H2,(H,24,28)(H,25,29). The van der Waals surface area contributed by atoms with Gasteiger partial charge in [0, 0.05) is 24.8 Å². The second-order valence-corrected chi connectivity index (χ2v) is 6.93.